The molecule has 4 heterocycles. The van der Waals surface area contributed by atoms with Gasteiger partial charge in [0.25, 0.3) is 5.69 Å². The first-order chi connectivity index (χ1) is 17.6. The number of esters is 1. The smallest absolute Gasteiger partial charge is 0.355 e. The molecule has 12 heteroatoms. The van der Waals surface area contributed by atoms with E-state index in [9.17, 15) is 29.6 Å². The number of benzene rings is 1. The number of non-ortho nitro benzene ring substituents is 1. The fraction of sp³-hybridized carbons (Fsp3) is 0.360. The second-order valence-corrected chi connectivity index (χ2v) is 10.5. The topological polar surface area (TPSA) is 144 Å². The monoisotopic (exact) mass is 524 g/mol. The number of aliphatic hydroxyl groups is 1. The van der Waals surface area contributed by atoms with Crippen molar-refractivity contribution < 1.29 is 29.2 Å². The van der Waals surface area contributed by atoms with E-state index in [1.54, 1.807) is 37.7 Å². The quantitative estimate of drug-likeness (QED) is 0.155. The van der Waals surface area contributed by atoms with Crippen molar-refractivity contribution in [3.8, 4) is 0 Å². The zero-order valence-electron chi connectivity index (χ0n) is 20.3. The molecule has 1 saturated heterocycles. The van der Waals surface area contributed by atoms with Gasteiger partial charge in [0.2, 0.25) is 5.91 Å². The van der Waals surface area contributed by atoms with Gasteiger partial charge >= 0.3 is 5.97 Å². The van der Waals surface area contributed by atoms with Crippen LogP contribution >= 0.6 is 11.3 Å². The van der Waals surface area contributed by atoms with Crippen molar-refractivity contribution in [2.75, 3.05) is 0 Å². The van der Waals surface area contributed by atoms with E-state index in [4.69, 9.17) is 4.74 Å². The number of β-lactam (4-membered cyclic amide) rings is 1. The van der Waals surface area contributed by atoms with Crippen molar-refractivity contribution in [2.45, 2.75) is 45.9 Å². The van der Waals surface area contributed by atoms with E-state index in [0.717, 1.165) is 0 Å². The molecule has 3 aromatic rings. The highest BCUT2D eigenvalue weighted by Crippen LogP contribution is 2.48. The number of amides is 1. The Labute approximate surface area is 215 Å². The second-order valence-electron chi connectivity index (χ2n) is 9.49. The van der Waals surface area contributed by atoms with Crippen molar-refractivity contribution >= 4 is 45.1 Å². The minimum Gasteiger partial charge on any atom is -0.456 e. The molecule has 2 aliphatic rings. The van der Waals surface area contributed by atoms with Crippen LogP contribution < -0.4 is 0 Å². The number of carbonyl (C=O) groups is 3. The van der Waals surface area contributed by atoms with Gasteiger partial charge in [-0.2, -0.15) is 0 Å². The van der Waals surface area contributed by atoms with Crippen LogP contribution in [-0.4, -0.2) is 54.1 Å². The maximum Gasteiger partial charge on any atom is 0.355 e. The van der Waals surface area contributed by atoms with Crippen molar-refractivity contribution in [3.63, 3.8) is 0 Å². The summed E-state index contributed by atoms with van der Waals surface area (Å²) in [6.07, 6.45) is 2.81. The van der Waals surface area contributed by atoms with Gasteiger partial charge in [0.15, 0.2) is 5.78 Å². The number of nitro groups is 1. The van der Waals surface area contributed by atoms with Crippen LogP contribution in [0.25, 0.3) is 10.4 Å². The Hall–Kier alpha value is -3.90. The van der Waals surface area contributed by atoms with E-state index >= 15 is 0 Å². The highest BCUT2D eigenvalue weighted by molar-refractivity contribution is 7.18. The molecule has 0 aliphatic carbocycles. The van der Waals surface area contributed by atoms with Crippen molar-refractivity contribution in [3.05, 3.63) is 68.7 Å². The van der Waals surface area contributed by atoms with Gasteiger partial charge in [-0.05, 0) is 31.0 Å². The predicted molar refractivity (Wildman–Crippen MR) is 132 cm³/mol. The van der Waals surface area contributed by atoms with Crippen LogP contribution in [0.4, 0.5) is 5.69 Å². The number of ether oxygens (including phenoxy) is 1. The van der Waals surface area contributed by atoms with E-state index in [0.29, 0.717) is 33.0 Å². The number of carbonyl (C=O) groups excluding carboxylic acids is 3. The molecule has 37 heavy (non-hydrogen) atoms. The standard InChI is InChI=1S/C25H24N4O7S/c1-12(2)22(31)20-24-27(11-26-20)9-18(37-24)16-8-17-19(13(3)30)23(32)28(17)21(16)25(33)36-10-14-4-6-15(7-5-14)29(34)35/h4-7,9,11-13,17,19,30H,8,10H2,1-3H3/t13-,17-,19-/m1/s1. The maximum absolute atomic E-state index is 13.3. The summed E-state index contributed by atoms with van der Waals surface area (Å²) >= 11 is 1.31. The van der Waals surface area contributed by atoms with Gasteiger partial charge in [-0.3, -0.25) is 24.1 Å². The summed E-state index contributed by atoms with van der Waals surface area (Å²) in [4.78, 5) is 56.1. The lowest BCUT2D eigenvalue weighted by molar-refractivity contribution is -0.384. The number of nitrogens with zero attached hydrogens (tertiary/aromatic N) is 4. The Morgan fingerprint density at radius 3 is 2.59 bits per heavy atom. The summed E-state index contributed by atoms with van der Waals surface area (Å²) in [5, 5.41) is 21.0. The highest BCUT2D eigenvalue weighted by atomic mass is 32.1. The van der Waals surface area contributed by atoms with Crippen molar-refractivity contribution in [1.29, 1.82) is 0 Å². The molecular weight excluding hydrogens is 500 g/mol. The molecule has 2 aliphatic heterocycles. The van der Waals surface area contributed by atoms with E-state index in [1.165, 1.54) is 40.5 Å². The van der Waals surface area contributed by atoms with E-state index in [2.05, 4.69) is 4.98 Å². The number of Topliss-reactive ketones (excluding diaryl/α,β-unsaturated/α-hetero) is 1. The summed E-state index contributed by atoms with van der Waals surface area (Å²) in [5.74, 6) is -2.00. The van der Waals surface area contributed by atoms with Crippen LogP contribution in [0.15, 0.2) is 42.5 Å². The minimum absolute atomic E-state index is 0.0760. The molecule has 11 nitrogen and oxygen atoms in total. The number of nitro benzene ring substituents is 1. The minimum atomic E-state index is -0.871. The van der Waals surface area contributed by atoms with Crippen LogP contribution in [0.1, 0.15) is 48.1 Å². The molecule has 0 unspecified atom stereocenters. The molecule has 2 aromatic heterocycles. The van der Waals surface area contributed by atoms with Gasteiger partial charge in [-0.1, -0.05) is 13.8 Å². The number of aromatic nitrogens is 2. The Balaban J connectivity index is 1.47. The molecule has 0 spiro atoms. The molecular formula is C25H24N4O7S. The fourth-order valence-corrected chi connectivity index (χ4v) is 5.93. The van der Waals surface area contributed by atoms with Crippen LogP contribution in [0, 0.1) is 22.0 Å². The molecule has 1 fully saturated rings. The first-order valence-corrected chi connectivity index (χ1v) is 12.6. The maximum atomic E-state index is 13.3. The molecule has 1 N–H and O–H groups in total. The molecule has 0 radical (unpaired) electrons. The summed E-state index contributed by atoms with van der Waals surface area (Å²) in [7, 11) is 0. The van der Waals surface area contributed by atoms with E-state index < -0.39 is 22.9 Å². The summed E-state index contributed by atoms with van der Waals surface area (Å²) in [5.41, 5.74) is 1.55. The van der Waals surface area contributed by atoms with Gasteiger partial charge in [0, 0.05) is 29.8 Å². The number of fused-ring (bicyclic) bond motifs is 2. The van der Waals surface area contributed by atoms with Crippen molar-refractivity contribution in [1.82, 2.24) is 14.3 Å². The molecule has 1 amide bonds. The first-order valence-electron chi connectivity index (χ1n) is 11.7. The summed E-state index contributed by atoms with van der Waals surface area (Å²) in [6, 6.07) is 5.27. The lowest BCUT2D eigenvalue weighted by Gasteiger charge is -2.44. The van der Waals surface area contributed by atoms with Gasteiger partial charge in [0.1, 0.15) is 29.2 Å². The third-order valence-electron chi connectivity index (χ3n) is 6.71. The van der Waals surface area contributed by atoms with Gasteiger partial charge in [-0.15, -0.1) is 11.3 Å². The lowest BCUT2D eigenvalue weighted by Crippen LogP contribution is -2.61. The molecule has 0 saturated carbocycles. The molecule has 192 valence electrons. The van der Waals surface area contributed by atoms with Crippen LogP contribution in [0.2, 0.25) is 0 Å². The SMILES string of the molecule is CC(C)C(=O)c1ncn2cc(C3=C(C(=O)OCc4ccc([N+](=O)[O-])cc4)N4C(=O)[C@H]([C@@H](C)O)[C@H]4C3)sc12. The predicted octanol–water partition coefficient (Wildman–Crippen LogP) is 3.21. The van der Waals surface area contributed by atoms with Crippen LogP contribution in [-0.2, 0) is 20.9 Å². The first kappa shape index (κ1) is 24.8. The Kier molecular flexibility index (Phi) is 6.16. The van der Waals surface area contributed by atoms with E-state index in [1.807, 2.05) is 0 Å². The number of hydrogen-bond acceptors (Lipinski definition) is 9. The normalized spacial score (nSPS) is 19.8. The fourth-order valence-electron chi connectivity index (χ4n) is 4.79. The number of aliphatic hydroxyl groups excluding tert-OH is 1. The number of thiazole rings is 1. The largest absolute Gasteiger partial charge is 0.456 e. The zero-order valence-corrected chi connectivity index (χ0v) is 21.1. The van der Waals surface area contributed by atoms with Crippen molar-refractivity contribution in [2.24, 2.45) is 11.8 Å². The molecule has 5 rings (SSSR count). The van der Waals surface area contributed by atoms with E-state index in [-0.39, 0.29) is 41.6 Å². The molecule has 3 atom stereocenters. The number of rotatable bonds is 8. The third kappa shape index (κ3) is 4.11. The molecule has 0 bridgehead atoms. The second kappa shape index (κ2) is 9.20. The van der Waals surface area contributed by atoms with Gasteiger partial charge in [-0.25, -0.2) is 9.78 Å². The van der Waals surface area contributed by atoms with Gasteiger partial charge < -0.3 is 14.7 Å². The van der Waals surface area contributed by atoms with Crippen LogP contribution in [0.5, 0.6) is 0 Å². The van der Waals surface area contributed by atoms with Gasteiger partial charge in [0.05, 0.1) is 27.9 Å². The average Bonchev–Trinajstić information content (AvgIpc) is 3.52. The summed E-state index contributed by atoms with van der Waals surface area (Å²) in [6.45, 7) is 5.01. The number of hydrogen-bond donors (Lipinski definition) is 1. The number of ketones is 1. The number of imidazole rings is 1. The Morgan fingerprint density at radius 1 is 1.27 bits per heavy atom. The molecule has 1 aromatic carbocycles. The average molecular weight is 525 g/mol. The highest BCUT2D eigenvalue weighted by Gasteiger charge is 2.57. The van der Waals surface area contributed by atoms with Crippen LogP contribution in [0.3, 0.4) is 0 Å². The third-order valence-corrected chi connectivity index (χ3v) is 7.87. The Bertz CT molecular complexity index is 1470. The lowest BCUT2D eigenvalue weighted by atomic mass is 9.83. The zero-order chi connectivity index (χ0) is 26.6. The summed E-state index contributed by atoms with van der Waals surface area (Å²) < 4.78 is 7.25. The Morgan fingerprint density at radius 2 is 1.97 bits per heavy atom.